The third kappa shape index (κ3) is 2.90. The molecule has 1 unspecified atom stereocenters. The Morgan fingerprint density at radius 2 is 1.88 bits per heavy atom. The number of rotatable bonds is 4. The summed E-state index contributed by atoms with van der Waals surface area (Å²) in [5, 5.41) is 1.35. The van der Waals surface area contributed by atoms with Gasteiger partial charge in [-0.2, -0.15) is 0 Å². The van der Waals surface area contributed by atoms with Crippen LogP contribution < -0.4 is 4.74 Å². The van der Waals surface area contributed by atoms with E-state index in [1.165, 1.54) is 33.3 Å². The van der Waals surface area contributed by atoms with Gasteiger partial charge in [0, 0.05) is 42.1 Å². The van der Waals surface area contributed by atoms with E-state index in [0.717, 1.165) is 31.7 Å². The minimum absolute atomic E-state index is 0.439. The average molecular weight is 348 g/mol. The van der Waals surface area contributed by atoms with E-state index in [-0.39, 0.29) is 0 Å². The van der Waals surface area contributed by atoms with Gasteiger partial charge in [-0.25, -0.2) is 0 Å². The Labute approximate surface area is 156 Å². The standard InChI is InChI=1S/C23H28N2O/c1-16-5-7-18(8-6-16)11-14-25-21-10-9-19(26-4)15-20(21)23-17(2)24(3)13-12-22(23)25/h5-10,15,17H,11-14H2,1-4H3. The lowest BCUT2D eigenvalue weighted by atomic mass is 9.97. The van der Waals surface area contributed by atoms with Gasteiger partial charge in [0.1, 0.15) is 5.75 Å². The maximum atomic E-state index is 5.50. The van der Waals surface area contributed by atoms with Crippen molar-refractivity contribution in [2.75, 3.05) is 20.7 Å². The molecule has 1 aromatic heterocycles. The van der Waals surface area contributed by atoms with E-state index < -0.39 is 0 Å². The molecule has 26 heavy (non-hydrogen) atoms. The number of aryl methyl sites for hydroxylation is 3. The van der Waals surface area contributed by atoms with E-state index in [9.17, 15) is 0 Å². The summed E-state index contributed by atoms with van der Waals surface area (Å²) in [6.07, 6.45) is 2.17. The highest BCUT2D eigenvalue weighted by Crippen LogP contribution is 2.38. The zero-order chi connectivity index (χ0) is 18.3. The molecule has 1 atom stereocenters. The molecule has 3 aromatic rings. The zero-order valence-corrected chi connectivity index (χ0v) is 16.2. The molecular weight excluding hydrogens is 320 g/mol. The van der Waals surface area contributed by atoms with Crippen LogP contribution in [0.15, 0.2) is 42.5 Å². The summed E-state index contributed by atoms with van der Waals surface area (Å²) in [6, 6.07) is 15.9. The highest BCUT2D eigenvalue weighted by Gasteiger charge is 2.28. The van der Waals surface area contributed by atoms with Crippen molar-refractivity contribution in [1.82, 2.24) is 9.47 Å². The predicted molar refractivity (Wildman–Crippen MR) is 108 cm³/mol. The van der Waals surface area contributed by atoms with Crippen molar-refractivity contribution < 1.29 is 4.74 Å². The second kappa shape index (κ2) is 6.81. The van der Waals surface area contributed by atoms with Gasteiger partial charge >= 0.3 is 0 Å². The van der Waals surface area contributed by atoms with Crippen molar-refractivity contribution in [3.8, 4) is 5.75 Å². The molecule has 0 fully saturated rings. The summed E-state index contributed by atoms with van der Waals surface area (Å²) in [6.45, 7) is 6.61. The molecule has 4 rings (SSSR count). The van der Waals surface area contributed by atoms with Gasteiger partial charge in [0.05, 0.1) is 7.11 Å². The molecule has 0 aliphatic carbocycles. The Hall–Kier alpha value is -2.26. The van der Waals surface area contributed by atoms with Gasteiger partial charge in [-0.15, -0.1) is 0 Å². The third-order valence-electron chi connectivity index (χ3n) is 5.95. The first-order valence-corrected chi connectivity index (χ1v) is 9.53. The maximum Gasteiger partial charge on any atom is 0.119 e. The van der Waals surface area contributed by atoms with Crippen LogP contribution in [0.5, 0.6) is 5.75 Å². The highest BCUT2D eigenvalue weighted by atomic mass is 16.5. The van der Waals surface area contributed by atoms with Crippen molar-refractivity contribution in [2.45, 2.75) is 39.3 Å². The molecule has 0 saturated heterocycles. The van der Waals surface area contributed by atoms with Crippen molar-refractivity contribution in [1.29, 1.82) is 0 Å². The summed E-state index contributed by atoms with van der Waals surface area (Å²) >= 11 is 0. The van der Waals surface area contributed by atoms with E-state index in [0.29, 0.717) is 6.04 Å². The van der Waals surface area contributed by atoms with Crippen molar-refractivity contribution >= 4 is 10.9 Å². The molecule has 2 aromatic carbocycles. The number of hydrogen-bond acceptors (Lipinski definition) is 2. The molecule has 136 valence electrons. The van der Waals surface area contributed by atoms with Crippen molar-refractivity contribution in [3.63, 3.8) is 0 Å². The van der Waals surface area contributed by atoms with E-state index in [4.69, 9.17) is 4.74 Å². The Morgan fingerprint density at radius 1 is 1.12 bits per heavy atom. The van der Waals surface area contributed by atoms with Crippen LogP contribution in [0.4, 0.5) is 0 Å². The average Bonchev–Trinajstić information content (AvgIpc) is 2.97. The molecule has 0 N–H and O–H groups in total. The van der Waals surface area contributed by atoms with E-state index >= 15 is 0 Å². The molecule has 0 bridgehead atoms. The van der Waals surface area contributed by atoms with Gasteiger partial charge in [-0.1, -0.05) is 29.8 Å². The van der Waals surface area contributed by atoms with Gasteiger partial charge in [-0.3, -0.25) is 4.90 Å². The fraction of sp³-hybridized carbons (Fsp3) is 0.391. The number of likely N-dealkylation sites (N-methyl/N-ethyl adjacent to an activating group) is 1. The van der Waals surface area contributed by atoms with Crippen LogP contribution in [0.2, 0.25) is 0 Å². The van der Waals surface area contributed by atoms with Gasteiger partial charge in [0.2, 0.25) is 0 Å². The minimum atomic E-state index is 0.439. The van der Waals surface area contributed by atoms with Crippen molar-refractivity contribution in [3.05, 3.63) is 64.8 Å². The molecule has 0 radical (unpaired) electrons. The number of ether oxygens (including phenoxy) is 1. The highest BCUT2D eigenvalue weighted by molar-refractivity contribution is 5.87. The number of nitrogens with zero attached hydrogens (tertiary/aromatic N) is 2. The molecule has 3 nitrogen and oxygen atoms in total. The lowest BCUT2D eigenvalue weighted by molar-refractivity contribution is 0.245. The fourth-order valence-corrected chi connectivity index (χ4v) is 4.22. The van der Waals surface area contributed by atoms with E-state index in [1.54, 1.807) is 7.11 Å². The van der Waals surface area contributed by atoms with Crippen LogP contribution in [0.3, 0.4) is 0 Å². The normalized spacial score (nSPS) is 17.5. The van der Waals surface area contributed by atoms with Gasteiger partial charge in [-0.05, 0) is 56.6 Å². The summed E-state index contributed by atoms with van der Waals surface area (Å²) in [7, 11) is 3.97. The van der Waals surface area contributed by atoms with E-state index in [1.807, 2.05) is 0 Å². The summed E-state index contributed by atoms with van der Waals surface area (Å²) in [5.74, 6) is 0.941. The first kappa shape index (κ1) is 17.2. The van der Waals surface area contributed by atoms with Crippen LogP contribution in [-0.4, -0.2) is 30.2 Å². The number of fused-ring (bicyclic) bond motifs is 3. The second-order valence-electron chi connectivity index (χ2n) is 7.54. The Morgan fingerprint density at radius 3 is 2.62 bits per heavy atom. The zero-order valence-electron chi connectivity index (χ0n) is 16.2. The van der Waals surface area contributed by atoms with Crippen LogP contribution in [0.25, 0.3) is 10.9 Å². The molecule has 3 heteroatoms. The minimum Gasteiger partial charge on any atom is -0.497 e. The van der Waals surface area contributed by atoms with Crippen LogP contribution in [0, 0.1) is 6.92 Å². The summed E-state index contributed by atoms with van der Waals surface area (Å²) in [4.78, 5) is 2.45. The number of methoxy groups -OCH3 is 1. The second-order valence-corrected chi connectivity index (χ2v) is 7.54. The molecule has 0 saturated carbocycles. The van der Waals surface area contributed by atoms with Gasteiger partial charge in [0.15, 0.2) is 0 Å². The number of hydrogen-bond donors (Lipinski definition) is 0. The van der Waals surface area contributed by atoms with Crippen molar-refractivity contribution in [2.24, 2.45) is 0 Å². The van der Waals surface area contributed by atoms with Crippen LogP contribution in [-0.2, 0) is 19.4 Å². The lowest BCUT2D eigenvalue weighted by Gasteiger charge is -2.31. The Balaban J connectivity index is 1.77. The summed E-state index contributed by atoms with van der Waals surface area (Å²) < 4.78 is 8.05. The smallest absolute Gasteiger partial charge is 0.119 e. The predicted octanol–water partition coefficient (Wildman–Crippen LogP) is 4.75. The van der Waals surface area contributed by atoms with Crippen LogP contribution in [0.1, 0.15) is 35.3 Å². The first-order chi connectivity index (χ1) is 12.6. The molecule has 1 aliphatic rings. The Bertz CT molecular complexity index is 924. The quantitative estimate of drug-likeness (QED) is 0.677. The molecule has 0 amide bonds. The van der Waals surface area contributed by atoms with Gasteiger partial charge < -0.3 is 9.30 Å². The topological polar surface area (TPSA) is 17.4 Å². The summed E-state index contributed by atoms with van der Waals surface area (Å²) in [5.41, 5.74) is 7.05. The molecule has 2 heterocycles. The van der Waals surface area contributed by atoms with Crippen LogP contribution >= 0.6 is 0 Å². The third-order valence-corrected chi connectivity index (χ3v) is 5.95. The molecule has 0 spiro atoms. The number of aromatic nitrogens is 1. The SMILES string of the molecule is COc1ccc2c(c1)c1c(n2CCc2ccc(C)cc2)CCN(C)C1C. The molecule has 1 aliphatic heterocycles. The van der Waals surface area contributed by atoms with E-state index in [2.05, 4.69) is 72.8 Å². The largest absolute Gasteiger partial charge is 0.497 e. The van der Waals surface area contributed by atoms with Gasteiger partial charge in [0.25, 0.3) is 0 Å². The molecular formula is C23H28N2O. The number of benzene rings is 2. The monoisotopic (exact) mass is 348 g/mol. The fourth-order valence-electron chi connectivity index (χ4n) is 4.22. The maximum absolute atomic E-state index is 5.50. The Kier molecular flexibility index (Phi) is 4.49. The first-order valence-electron chi connectivity index (χ1n) is 9.53. The lowest BCUT2D eigenvalue weighted by Crippen LogP contribution is -2.31.